The second-order valence-electron chi connectivity index (χ2n) is 2.25. The first-order valence-electron chi connectivity index (χ1n) is 3.48. The average molecular weight is 196 g/mol. The van der Waals surface area contributed by atoms with E-state index in [2.05, 4.69) is 26.4 Å². The molecule has 0 aromatic carbocycles. The van der Waals surface area contributed by atoms with Crippen LogP contribution in [0, 0.1) is 5.92 Å². The van der Waals surface area contributed by atoms with Gasteiger partial charge in [-0.3, -0.25) is 0 Å². The van der Waals surface area contributed by atoms with Crippen molar-refractivity contribution in [2.45, 2.75) is 24.9 Å². The maximum absolute atomic E-state index is 2.32. The fraction of sp³-hybridized carbons (Fsp3) is 1.00. The van der Waals surface area contributed by atoms with Gasteiger partial charge in [-0.15, -0.1) is 11.8 Å². The number of hydrogen-bond acceptors (Lipinski definition) is 3. The quantitative estimate of drug-likeness (QED) is 0.486. The molecular weight excluding hydrogens is 180 g/mol. The van der Waals surface area contributed by atoms with E-state index in [0.29, 0.717) is 0 Å². The normalized spacial score (nSPS) is 16.8. The number of thioether (sulfide) groups is 1. The first kappa shape index (κ1) is 11.1. The van der Waals surface area contributed by atoms with Gasteiger partial charge in [0.25, 0.3) is 0 Å². The zero-order chi connectivity index (χ0) is 7.98. The largest absolute Gasteiger partial charge is 0.150 e. The molecule has 0 heterocycles. The minimum Gasteiger partial charge on any atom is -0.150 e. The Labute approximate surface area is 76.7 Å². The molecule has 0 amide bonds. The lowest BCUT2D eigenvalue weighted by Crippen LogP contribution is -2.06. The van der Waals surface area contributed by atoms with Gasteiger partial charge in [0.1, 0.15) is 0 Å². The summed E-state index contributed by atoms with van der Waals surface area (Å²) in [6.07, 6.45) is 5.63. The third kappa shape index (κ3) is 4.04. The molecule has 0 N–H and O–H groups in total. The highest BCUT2D eigenvalue weighted by Crippen LogP contribution is 2.36. The zero-order valence-corrected chi connectivity index (χ0v) is 9.54. The fourth-order valence-electron chi connectivity index (χ4n) is 0.654. The summed E-state index contributed by atoms with van der Waals surface area (Å²) in [5, 5.41) is 0. The molecule has 0 radical (unpaired) electrons. The van der Waals surface area contributed by atoms with Crippen LogP contribution in [0.2, 0.25) is 0 Å². The van der Waals surface area contributed by atoms with Crippen molar-refractivity contribution in [2.75, 3.05) is 12.5 Å². The van der Waals surface area contributed by atoms with Crippen LogP contribution >= 0.6 is 33.3 Å². The third-order valence-corrected chi connectivity index (χ3v) is 5.74. The topological polar surface area (TPSA) is 0 Å². The van der Waals surface area contributed by atoms with Gasteiger partial charge in [-0.25, -0.2) is 0 Å². The van der Waals surface area contributed by atoms with E-state index in [1.54, 1.807) is 0 Å². The SMILES string of the molecule is CCC(C)C(SC)SSC. The molecule has 0 aliphatic heterocycles. The van der Waals surface area contributed by atoms with Crippen LogP contribution < -0.4 is 0 Å². The summed E-state index contributed by atoms with van der Waals surface area (Å²) in [5.41, 5.74) is 0. The van der Waals surface area contributed by atoms with Crippen molar-refractivity contribution < 1.29 is 0 Å². The van der Waals surface area contributed by atoms with Gasteiger partial charge in [-0.1, -0.05) is 41.9 Å². The molecule has 62 valence electrons. The van der Waals surface area contributed by atoms with Gasteiger partial charge in [0, 0.05) is 0 Å². The van der Waals surface area contributed by atoms with Gasteiger partial charge < -0.3 is 0 Å². The Bertz CT molecular complexity index is 75.3. The molecule has 2 atom stereocenters. The molecule has 0 nitrogen and oxygen atoms in total. The number of hydrogen-bond donors (Lipinski definition) is 0. The first-order valence-corrected chi connectivity index (χ1v) is 7.39. The Morgan fingerprint density at radius 1 is 1.30 bits per heavy atom. The van der Waals surface area contributed by atoms with E-state index in [1.165, 1.54) is 6.42 Å². The molecule has 3 heteroatoms. The van der Waals surface area contributed by atoms with Crippen LogP contribution in [-0.2, 0) is 0 Å². The second-order valence-corrected chi connectivity index (χ2v) is 6.14. The smallest absolute Gasteiger partial charge is 0.0628 e. The molecule has 0 bridgehead atoms. The Morgan fingerprint density at radius 2 is 1.90 bits per heavy atom. The van der Waals surface area contributed by atoms with Crippen LogP contribution in [0.1, 0.15) is 20.3 Å². The second kappa shape index (κ2) is 6.74. The van der Waals surface area contributed by atoms with Gasteiger partial charge in [0.05, 0.1) is 4.58 Å². The molecule has 0 aromatic heterocycles. The standard InChI is InChI=1S/C7H16S3/c1-5-6(2)7(8-3)10-9-4/h6-7H,5H2,1-4H3. The highest BCUT2D eigenvalue weighted by molar-refractivity contribution is 8.78. The first-order chi connectivity index (χ1) is 4.76. The van der Waals surface area contributed by atoms with E-state index < -0.39 is 0 Å². The van der Waals surface area contributed by atoms with Gasteiger partial charge >= 0.3 is 0 Å². The molecule has 0 aliphatic rings. The summed E-state index contributed by atoms with van der Waals surface area (Å²) in [5.74, 6) is 0.840. The molecule has 0 aromatic rings. The molecule has 2 unspecified atom stereocenters. The van der Waals surface area contributed by atoms with Crippen molar-refractivity contribution >= 4 is 33.3 Å². The summed E-state index contributed by atoms with van der Waals surface area (Å²) in [6.45, 7) is 4.58. The van der Waals surface area contributed by atoms with Crippen molar-refractivity contribution in [1.29, 1.82) is 0 Å². The average Bonchev–Trinajstić information content (AvgIpc) is 1.99. The van der Waals surface area contributed by atoms with E-state index in [1.807, 2.05) is 33.3 Å². The fourth-order valence-corrected chi connectivity index (χ4v) is 4.75. The molecule has 10 heavy (non-hydrogen) atoms. The van der Waals surface area contributed by atoms with Crippen molar-refractivity contribution in [3.63, 3.8) is 0 Å². The van der Waals surface area contributed by atoms with Crippen molar-refractivity contribution in [3.8, 4) is 0 Å². The Kier molecular flexibility index (Phi) is 7.45. The molecule has 0 fully saturated rings. The predicted octanol–water partition coefficient (Wildman–Crippen LogP) is 3.73. The molecule has 0 saturated carbocycles. The molecule has 0 aliphatic carbocycles. The third-order valence-electron chi connectivity index (χ3n) is 1.53. The summed E-state index contributed by atoms with van der Waals surface area (Å²) in [4.78, 5) is 0. The summed E-state index contributed by atoms with van der Waals surface area (Å²) in [6, 6.07) is 0. The van der Waals surface area contributed by atoms with Gasteiger partial charge in [0.2, 0.25) is 0 Å². The van der Waals surface area contributed by atoms with E-state index in [0.717, 1.165) is 10.5 Å². The Hall–Kier alpha value is 1.05. The van der Waals surface area contributed by atoms with Gasteiger partial charge in [-0.05, 0) is 18.4 Å². The monoisotopic (exact) mass is 196 g/mol. The minimum atomic E-state index is 0.778. The van der Waals surface area contributed by atoms with Crippen LogP contribution in [0.3, 0.4) is 0 Å². The maximum Gasteiger partial charge on any atom is 0.0628 e. The Morgan fingerprint density at radius 3 is 2.20 bits per heavy atom. The van der Waals surface area contributed by atoms with Crippen LogP contribution in [0.4, 0.5) is 0 Å². The van der Waals surface area contributed by atoms with Gasteiger partial charge in [-0.2, -0.15) is 0 Å². The van der Waals surface area contributed by atoms with E-state index in [4.69, 9.17) is 0 Å². The van der Waals surface area contributed by atoms with E-state index >= 15 is 0 Å². The maximum atomic E-state index is 2.32. The lowest BCUT2D eigenvalue weighted by molar-refractivity contribution is 0.617. The lowest BCUT2D eigenvalue weighted by atomic mass is 10.2. The minimum absolute atomic E-state index is 0.778. The molecule has 0 spiro atoms. The van der Waals surface area contributed by atoms with Gasteiger partial charge in [0.15, 0.2) is 0 Å². The van der Waals surface area contributed by atoms with Crippen LogP contribution in [0.5, 0.6) is 0 Å². The molecule has 0 rings (SSSR count). The van der Waals surface area contributed by atoms with Crippen LogP contribution in [-0.4, -0.2) is 17.1 Å². The zero-order valence-electron chi connectivity index (χ0n) is 7.09. The van der Waals surface area contributed by atoms with E-state index in [9.17, 15) is 0 Å². The lowest BCUT2D eigenvalue weighted by Gasteiger charge is -2.18. The number of rotatable bonds is 5. The summed E-state index contributed by atoms with van der Waals surface area (Å²) in [7, 11) is 3.86. The van der Waals surface area contributed by atoms with Crippen molar-refractivity contribution in [3.05, 3.63) is 0 Å². The van der Waals surface area contributed by atoms with Crippen molar-refractivity contribution in [2.24, 2.45) is 5.92 Å². The molecular formula is C7H16S3. The van der Waals surface area contributed by atoms with Crippen LogP contribution in [0.15, 0.2) is 0 Å². The Balaban J connectivity index is 3.56. The van der Waals surface area contributed by atoms with Crippen LogP contribution in [0.25, 0.3) is 0 Å². The molecule has 0 saturated heterocycles. The highest BCUT2D eigenvalue weighted by atomic mass is 33.1. The summed E-state index contributed by atoms with van der Waals surface area (Å²) >= 11 is 1.97. The summed E-state index contributed by atoms with van der Waals surface area (Å²) < 4.78 is 0.778. The highest BCUT2D eigenvalue weighted by Gasteiger charge is 2.13. The van der Waals surface area contributed by atoms with E-state index in [-0.39, 0.29) is 0 Å². The predicted molar refractivity (Wildman–Crippen MR) is 57.9 cm³/mol. The van der Waals surface area contributed by atoms with Crippen molar-refractivity contribution in [1.82, 2.24) is 0 Å².